The minimum Gasteiger partial charge on any atom is -0.504 e. The largest absolute Gasteiger partial charge is 0.504 e. The Morgan fingerprint density at radius 2 is 2.07 bits per heavy atom. The molecular formula is C10H8O4. The zero-order valence-electron chi connectivity index (χ0n) is 7.53. The normalized spacial score (nSPS) is 13.6. The van der Waals surface area contributed by atoms with Crippen LogP contribution in [0.25, 0.3) is 0 Å². The quantitative estimate of drug-likeness (QED) is 0.615. The summed E-state index contributed by atoms with van der Waals surface area (Å²) in [6.45, 7) is 1.68. The lowest BCUT2D eigenvalue weighted by atomic mass is 10.2. The summed E-state index contributed by atoms with van der Waals surface area (Å²) in [6.07, 6.45) is 0. The first-order chi connectivity index (χ1) is 6.59. The summed E-state index contributed by atoms with van der Waals surface area (Å²) in [5.41, 5.74) is 0.792. The number of ether oxygens (including phenoxy) is 1. The number of cyclic esters (lactones) is 1. The standard InChI is InChI=1S/C10H8O4/c1-5-2-7-6(4-14-10(7)13)3-8(11)9(5)12/h2-3H,4H2,1H3,(H,11,12). The molecule has 72 valence electrons. The first-order valence-electron chi connectivity index (χ1n) is 4.13. The van der Waals surface area contributed by atoms with E-state index in [1.807, 2.05) is 0 Å². The predicted octanol–water partition coefficient (Wildman–Crippen LogP) is 0.731. The van der Waals surface area contributed by atoms with Gasteiger partial charge in [0, 0.05) is 5.56 Å². The highest BCUT2D eigenvalue weighted by Crippen LogP contribution is 2.21. The molecular weight excluding hydrogens is 184 g/mol. The van der Waals surface area contributed by atoms with E-state index in [0.717, 1.165) is 0 Å². The van der Waals surface area contributed by atoms with Crippen molar-refractivity contribution in [3.8, 4) is 5.75 Å². The van der Waals surface area contributed by atoms with Crippen LogP contribution in [-0.2, 0) is 11.3 Å². The Bertz CT molecular complexity index is 476. The van der Waals surface area contributed by atoms with Gasteiger partial charge in [0.25, 0.3) is 0 Å². The summed E-state index contributed by atoms with van der Waals surface area (Å²) in [5, 5.41) is 9.36. The summed E-state index contributed by atoms with van der Waals surface area (Å²) >= 11 is 0. The summed E-state index contributed by atoms with van der Waals surface area (Å²) in [4.78, 5) is 22.5. The maximum absolute atomic E-state index is 11.3. The van der Waals surface area contributed by atoms with Crippen molar-refractivity contribution >= 4 is 5.97 Å². The van der Waals surface area contributed by atoms with Crippen molar-refractivity contribution in [2.24, 2.45) is 0 Å². The molecule has 0 amide bonds. The maximum Gasteiger partial charge on any atom is 0.338 e. The molecule has 0 aliphatic carbocycles. The van der Waals surface area contributed by atoms with Gasteiger partial charge in [-0.2, -0.15) is 0 Å². The van der Waals surface area contributed by atoms with Crippen LogP contribution in [-0.4, -0.2) is 11.1 Å². The zero-order chi connectivity index (χ0) is 10.3. The van der Waals surface area contributed by atoms with E-state index in [0.29, 0.717) is 16.7 Å². The summed E-state index contributed by atoms with van der Waals surface area (Å²) in [6, 6.07) is 2.71. The predicted molar refractivity (Wildman–Crippen MR) is 48.2 cm³/mol. The van der Waals surface area contributed by atoms with Gasteiger partial charge >= 0.3 is 5.97 Å². The molecule has 1 aromatic carbocycles. The summed E-state index contributed by atoms with van der Waals surface area (Å²) in [5.74, 6) is -0.759. The van der Waals surface area contributed by atoms with Gasteiger partial charge in [0.2, 0.25) is 5.43 Å². The van der Waals surface area contributed by atoms with Crippen LogP contribution in [0.2, 0.25) is 0 Å². The van der Waals surface area contributed by atoms with Crippen LogP contribution < -0.4 is 5.43 Å². The average molecular weight is 192 g/mol. The van der Waals surface area contributed by atoms with Gasteiger partial charge in [0.15, 0.2) is 5.75 Å². The monoisotopic (exact) mass is 192 g/mol. The highest BCUT2D eigenvalue weighted by molar-refractivity contribution is 5.93. The van der Waals surface area contributed by atoms with E-state index in [4.69, 9.17) is 4.74 Å². The molecule has 0 bridgehead atoms. The van der Waals surface area contributed by atoms with Gasteiger partial charge in [-0.15, -0.1) is 0 Å². The molecule has 0 fully saturated rings. The van der Waals surface area contributed by atoms with Gasteiger partial charge < -0.3 is 9.84 Å². The van der Waals surface area contributed by atoms with Crippen molar-refractivity contribution in [1.82, 2.24) is 0 Å². The molecule has 1 aromatic rings. The number of esters is 1. The summed E-state index contributed by atoms with van der Waals surface area (Å²) in [7, 11) is 0. The van der Waals surface area contributed by atoms with E-state index in [2.05, 4.69) is 0 Å². The molecule has 1 aliphatic rings. The maximum atomic E-state index is 11.3. The van der Waals surface area contributed by atoms with E-state index in [-0.39, 0.29) is 12.4 Å². The Balaban J connectivity index is 2.83. The van der Waals surface area contributed by atoms with Crippen molar-refractivity contribution in [3.05, 3.63) is 39.0 Å². The fourth-order valence-corrected chi connectivity index (χ4v) is 1.41. The third-order valence-electron chi connectivity index (χ3n) is 2.20. The average Bonchev–Trinajstić information content (AvgIpc) is 2.43. The van der Waals surface area contributed by atoms with Gasteiger partial charge in [-0.1, -0.05) is 0 Å². The minimum absolute atomic E-state index is 0.108. The lowest BCUT2D eigenvalue weighted by Crippen LogP contribution is -1.96. The molecule has 0 unspecified atom stereocenters. The Labute approximate surface area is 79.8 Å². The van der Waals surface area contributed by atoms with Crippen molar-refractivity contribution in [2.75, 3.05) is 0 Å². The molecule has 1 N–H and O–H groups in total. The number of fused-ring (bicyclic) bond motifs is 1. The van der Waals surface area contributed by atoms with Crippen LogP contribution in [0.15, 0.2) is 16.9 Å². The highest BCUT2D eigenvalue weighted by Gasteiger charge is 2.21. The topological polar surface area (TPSA) is 63.6 Å². The molecule has 1 heterocycles. The van der Waals surface area contributed by atoms with Crippen LogP contribution >= 0.6 is 0 Å². The fraction of sp³-hybridized carbons (Fsp3) is 0.200. The Kier molecular flexibility index (Phi) is 1.77. The molecule has 0 saturated carbocycles. The number of carbonyl (C=O) groups excluding carboxylic acids is 1. The van der Waals surface area contributed by atoms with Crippen LogP contribution in [0.1, 0.15) is 21.5 Å². The van der Waals surface area contributed by atoms with Crippen molar-refractivity contribution < 1.29 is 14.6 Å². The lowest BCUT2D eigenvalue weighted by molar-refractivity contribution is 0.0535. The van der Waals surface area contributed by atoms with Gasteiger partial charge in [-0.3, -0.25) is 4.79 Å². The van der Waals surface area contributed by atoms with E-state index < -0.39 is 11.4 Å². The number of aromatic hydroxyl groups is 1. The molecule has 1 aliphatic heterocycles. The van der Waals surface area contributed by atoms with Crippen LogP contribution in [0.5, 0.6) is 5.75 Å². The molecule has 0 saturated heterocycles. The van der Waals surface area contributed by atoms with E-state index >= 15 is 0 Å². The van der Waals surface area contributed by atoms with Gasteiger partial charge in [0.05, 0.1) is 5.56 Å². The molecule has 2 rings (SSSR count). The first kappa shape index (κ1) is 8.74. The minimum atomic E-state index is -0.484. The van der Waals surface area contributed by atoms with Crippen molar-refractivity contribution in [3.63, 3.8) is 0 Å². The Morgan fingerprint density at radius 3 is 2.79 bits per heavy atom. The molecule has 4 nitrogen and oxygen atoms in total. The van der Waals surface area contributed by atoms with Crippen LogP contribution in [0.3, 0.4) is 0 Å². The number of carbonyl (C=O) groups is 1. The SMILES string of the molecule is Cc1cc2c(cc(=O)c1O)COC2=O. The fourth-order valence-electron chi connectivity index (χ4n) is 1.41. The molecule has 14 heavy (non-hydrogen) atoms. The van der Waals surface area contributed by atoms with E-state index in [9.17, 15) is 14.7 Å². The third-order valence-corrected chi connectivity index (χ3v) is 2.20. The third kappa shape index (κ3) is 1.16. The number of rotatable bonds is 0. The second kappa shape index (κ2) is 2.83. The van der Waals surface area contributed by atoms with Crippen molar-refractivity contribution in [2.45, 2.75) is 13.5 Å². The molecule has 0 radical (unpaired) electrons. The molecule has 0 spiro atoms. The summed E-state index contributed by atoms with van der Waals surface area (Å²) < 4.78 is 4.76. The van der Waals surface area contributed by atoms with Crippen LogP contribution in [0.4, 0.5) is 0 Å². The second-order valence-corrected chi connectivity index (χ2v) is 3.20. The second-order valence-electron chi connectivity index (χ2n) is 3.20. The smallest absolute Gasteiger partial charge is 0.338 e. The van der Waals surface area contributed by atoms with E-state index in [1.165, 1.54) is 12.1 Å². The van der Waals surface area contributed by atoms with Gasteiger partial charge in [-0.25, -0.2) is 4.79 Å². The number of hydrogen-bond acceptors (Lipinski definition) is 4. The van der Waals surface area contributed by atoms with Crippen LogP contribution in [0, 0.1) is 6.92 Å². The lowest BCUT2D eigenvalue weighted by Gasteiger charge is -1.90. The van der Waals surface area contributed by atoms with Crippen molar-refractivity contribution in [1.29, 1.82) is 0 Å². The molecule has 4 heteroatoms. The van der Waals surface area contributed by atoms with E-state index in [1.54, 1.807) is 6.92 Å². The zero-order valence-corrected chi connectivity index (χ0v) is 7.53. The number of aryl methyl sites for hydroxylation is 1. The van der Waals surface area contributed by atoms with Gasteiger partial charge in [0.1, 0.15) is 6.61 Å². The Hall–Kier alpha value is -1.84. The van der Waals surface area contributed by atoms with Gasteiger partial charge in [-0.05, 0) is 24.6 Å². The Morgan fingerprint density at radius 1 is 1.36 bits per heavy atom. The first-order valence-corrected chi connectivity index (χ1v) is 4.13. The number of hydrogen-bond donors (Lipinski definition) is 1. The highest BCUT2D eigenvalue weighted by atomic mass is 16.5. The molecule has 0 atom stereocenters. The molecule has 0 aromatic heterocycles.